The van der Waals surface area contributed by atoms with Crippen molar-refractivity contribution < 1.29 is 28.5 Å². The van der Waals surface area contributed by atoms with E-state index in [0.717, 1.165) is 11.3 Å². The van der Waals surface area contributed by atoms with Gasteiger partial charge < -0.3 is 24.3 Å². The van der Waals surface area contributed by atoms with Crippen molar-refractivity contribution in [2.24, 2.45) is 0 Å². The number of benzene rings is 2. The summed E-state index contributed by atoms with van der Waals surface area (Å²) in [5.74, 6) is 0.739. The smallest absolute Gasteiger partial charge is 0.343 e. The molecule has 0 fully saturated rings. The van der Waals surface area contributed by atoms with E-state index in [1.54, 1.807) is 18.2 Å². The fourth-order valence-corrected chi connectivity index (χ4v) is 2.37. The van der Waals surface area contributed by atoms with Gasteiger partial charge in [0.05, 0.1) is 20.3 Å². The van der Waals surface area contributed by atoms with E-state index >= 15 is 0 Å². The van der Waals surface area contributed by atoms with Gasteiger partial charge in [0.15, 0.2) is 18.1 Å². The molecule has 2 rings (SSSR count). The highest BCUT2D eigenvalue weighted by Crippen LogP contribution is 2.28. The molecule has 0 aromatic heterocycles. The molecule has 0 unspecified atom stereocenters. The highest BCUT2D eigenvalue weighted by molar-refractivity contribution is 5.94. The second kappa shape index (κ2) is 10.2. The Morgan fingerprint density at radius 1 is 1.00 bits per heavy atom. The second-order valence-corrected chi connectivity index (χ2v) is 6.22. The summed E-state index contributed by atoms with van der Waals surface area (Å²) in [4.78, 5) is 23.6. The number of carbonyl (C=O) groups excluding carboxylic acids is 2. The number of nitrogens with one attached hydrogen (secondary N) is 1. The number of hydrogen-bond donors (Lipinski definition) is 1. The molecule has 0 aliphatic rings. The highest BCUT2D eigenvalue weighted by atomic mass is 16.6. The van der Waals surface area contributed by atoms with Crippen molar-refractivity contribution in [3.63, 3.8) is 0 Å². The molecule has 0 saturated carbocycles. The van der Waals surface area contributed by atoms with Crippen LogP contribution in [0.5, 0.6) is 17.2 Å². The molecular weight excluding hydrogens is 362 g/mol. The summed E-state index contributed by atoms with van der Waals surface area (Å²) in [5.41, 5.74) is 1.37. The van der Waals surface area contributed by atoms with Gasteiger partial charge in [-0.05, 0) is 49.7 Å². The first-order valence-electron chi connectivity index (χ1n) is 8.84. The van der Waals surface area contributed by atoms with Gasteiger partial charge in [-0.2, -0.15) is 0 Å². The Morgan fingerprint density at radius 2 is 1.71 bits per heavy atom. The molecular formula is C21H25NO6. The Kier molecular flexibility index (Phi) is 7.68. The van der Waals surface area contributed by atoms with Crippen LogP contribution < -0.4 is 19.5 Å². The average Bonchev–Trinajstić information content (AvgIpc) is 2.70. The minimum atomic E-state index is -0.506. The lowest BCUT2D eigenvalue weighted by molar-refractivity contribution is -0.142. The van der Waals surface area contributed by atoms with Crippen LogP contribution in [-0.2, 0) is 16.1 Å². The molecule has 2 aromatic carbocycles. The predicted octanol–water partition coefficient (Wildman–Crippen LogP) is 2.96. The number of ether oxygens (including phenoxy) is 4. The van der Waals surface area contributed by atoms with E-state index in [0.29, 0.717) is 23.6 Å². The van der Waals surface area contributed by atoms with Crippen molar-refractivity contribution in [1.29, 1.82) is 0 Å². The van der Waals surface area contributed by atoms with Gasteiger partial charge in [-0.15, -0.1) is 0 Å². The van der Waals surface area contributed by atoms with Crippen molar-refractivity contribution >= 4 is 11.9 Å². The molecule has 1 amide bonds. The Morgan fingerprint density at radius 3 is 2.32 bits per heavy atom. The van der Waals surface area contributed by atoms with Crippen molar-refractivity contribution in [1.82, 2.24) is 5.32 Å². The number of esters is 1. The summed E-state index contributed by atoms with van der Waals surface area (Å²) in [5, 5.41) is 2.86. The third-order valence-corrected chi connectivity index (χ3v) is 3.75. The molecule has 2 aromatic rings. The lowest BCUT2D eigenvalue weighted by Crippen LogP contribution is -2.22. The zero-order chi connectivity index (χ0) is 20.5. The number of methoxy groups -OCH3 is 2. The van der Waals surface area contributed by atoms with Gasteiger partial charge in [0.2, 0.25) is 0 Å². The summed E-state index contributed by atoms with van der Waals surface area (Å²) in [6.45, 7) is 4.07. The van der Waals surface area contributed by atoms with Gasteiger partial charge in [0.25, 0.3) is 5.91 Å². The summed E-state index contributed by atoms with van der Waals surface area (Å²) in [6.07, 6.45) is 0.111. The van der Waals surface area contributed by atoms with E-state index < -0.39 is 5.97 Å². The topological polar surface area (TPSA) is 83.1 Å². The summed E-state index contributed by atoms with van der Waals surface area (Å²) in [6, 6.07) is 12.3. The quantitative estimate of drug-likeness (QED) is 0.666. The fourth-order valence-electron chi connectivity index (χ4n) is 2.37. The lowest BCUT2D eigenvalue weighted by Gasteiger charge is -2.12. The van der Waals surface area contributed by atoms with Crippen LogP contribution in [0.4, 0.5) is 0 Å². The van der Waals surface area contributed by atoms with E-state index in [9.17, 15) is 9.59 Å². The van der Waals surface area contributed by atoms with Crippen molar-refractivity contribution in [3.05, 3.63) is 53.6 Å². The minimum absolute atomic E-state index is 0.111. The number of carbonyl (C=O) groups is 2. The third kappa shape index (κ3) is 6.19. The molecule has 0 saturated heterocycles. The SMILES string of the molecule is COC(=O)COc1ccc(C(=O)NCc2ccc(OC(C)C)cc2)cc1OC. The summed E-state index contributed by atoms with van der Waals surface area (Å²) < 4.78 is 20.7. The molecule has 0 spiro atoms. The zero-order valence-electron chi connectivity index (χ0n) is 16.5. The normalized spacial score (nSPS) is 10.3. The number of rotatable bonds is 9. The van der Waals surface area contributed by atoms with Gasteiger partial charge in [0, 0.05) is 12.1 Å². The highest BCUT2D eigenvalue weighted by Gasteiger charge is 2.12. The Bertz CT molecular complexity index is 801. The molecule has 0 aliphatic carbocycles. The van der Waals surface area contributed by atoms with Crippen molar-refractivity contribution in [2.75, 3.05) is 20.8 Å². The molecule has 0 aliphatic heterocycles. The number of amides is 1. The number of hydrogen-bond acceptors (Lipinski definition) is 6. The van der Waals surface area contributed by atoms with E-state index in [4.69, 9.17) is 14.2 Å². The van der Waals surface area contributed by atoms with E-state index in [1.165, 1.54) is 14.2 Å². The molecule has 0 bridgehead atoms. The van der Waals surface area contributed by atoms with E-state index in [1.807, 2.05) is 38.1 Å². The van der Waals surface area contributed by atoms with Crippen LogP contribution in [0.25, 0.3) is 0 Å². The van der Waals surface area contributed by atoms with Crippen LogP contribution >= 0.6 is 0 Å². The van der Waals surface area contributed by atoms with Crippen LogP contribution in [-0.4, -0.2) is 38.8 Å². The minimum Gasteiger partial charge on any atom is -0.493 e. The first-order valence-corrected chi connectivity index (χ1v) is 8.84. The lowest BCUT2D eigenvalue weighted by atomic mass is 10.1. The van der Waals surface area contributed by atoms with Gasteiger partial charge in [-0.1, -0.05) is 12.1 Å². The van der Waals surface area contributed by atoms with Crippen LogP contribution in [0, 0.1) is 0 Å². The standard InChI is InChI=1S/C21H25NO6/c1-14(2)28-17-8-5-15(6-9-17)12-22-21(24)16-7-10-18(19(11-16)25-3)27-13-20(23)26-4/h5-11,14H,12-13H2,1-4H3,(H,22,24). The summed E-state index contributed by atoms with van der Waals surface area (Å²) >= 11 is 0. The maximum Gasteiger partial charge on any atom is 0.343 e. The Labute approximate surface area is 164 Å². The van der Waals surface area contributed by atoms with Crippen molar-refractivity contribution in [2.45, 2.75) is 26.5 Å². The maximum absolute atomic E-state index is 12.4. The van der Waals surface area contributed by atoms with Crippen LogP contribution in [0.2, 0.25) is 0 Å². The Balaban J connectivity index is 1.97. The van der Waals surface area contributed by atoms with Gasteiger partial charge in [-0.3, -0.25) is 4.79 Å². The van der Waals surface area contributed by atoms with Gasteiger partial charge >= 0.3 is 5.97 Å². The molecule has 1 N–H and O–H groups in total. The first kappa shape index (κ1) is 21.1. The fraction of sp³-hybridized carbons (Fsp3) is 0.333. The molecule has 7 heteroatoms. The first-order chi connectivity index (χ1) is 13.4. The average molecular weight is 387 g/mol. The van der Waals surface area contributed by atoms with Crippen LogP contribution in [0.1, 0.15) is 29.8 Å². The molecule has 0 atom stereocenters. The van der Waals surface area contributed by atoms with E-state index in [-0.39, 0.29) is 18.6 Å². The van der Waals surface area contributed by atoms with E-state index in [2.05, 4.69) is 10.1 Å². The third-order valence-electron chi connectivity index (χ3n) is 3.75. The Hall–Kier alpha value is -3.22. The molecule has 0 radical (unpaired) electrons. The molecule has 150 valence electrons. The molecule has 0 heterocycles. The van der Waals surface area contributed by atoms with Crippen molar-refractivity contribution in [3.8, 4) is 17.2 Å². The monoisotopic (exact) mass is 387 g/mol. The summed E-state index contributed by atoms with van der Waals surface area (Å²) in [7, 11) is 2.74. The molecule has 28 heavy (non-hydrogen) atoms. The molecule has 7 nitrogen and oxygen atoms in total. The van der Waals surface area contributed by atoms with Gasteiger partial charge in [0.1, 0.15) is 5.75 Å². The largest absolute Gasteiger partial charge is 0.493 e. The second-order valence-electron chi connectivity index (χ2n) is 6.22. The maximum atomic E-state index is 12.4. The van der Waals surface area contributed by atoms with Crippen LogP contribution in [0.3, 0.4) is 0 Å². The van der Waals surface area contributed by atoms with Gasteiger partial charge in [-0.25, -0.2) is 4.79 Å². The van der Waals surface area contributed by atoms with Crippen LogP contribution in [0.15, 0.2) is 42.5 Å². The predicted molar refractivity (Wildman–Crippen MR) is 104 cm³/mol. The zero-order valence-corrected chi connectivity index (χ0v) is 16.5.